The minimum Gasteiger partial charge on any atom is -0.454 e. The van der Waals surface area contributed by atoms with Gasteiger partial charge in [0, 0.05) is 37.2 Å². The van der Waals surface area contributed by atoms with E-state index in [9.17, 15) is 4.79 Å². The van der Waals surface area contributed by atoms with Crippen LogP contribution < -0.4 is 19.7 Å². The third kappa shape index (κ3) is 4.03. The second-order valence-electron chi connectivity index (χ2n) is 7.72. The van der Waals surface area contributed by atoms with Crippen LogP contribution in [0.2, 0.25) is 0 Å². The highest BCUT2D eigenvalue weighted by atomic mass is 16.7. The summed E-state index contributed by atoms with van der Waals surface area (Å²) < 4.78 is 12.5. The number of nitrogens with zero attached hydrogens (tertiary/aromatic N) is 5. The minimum absolute atomic E-state index is 0.0266. The highest BCUT2D eigenvalue weighted by molar-refractivity contribution is 5.85. The van der Waals surface area contributed by atoms with Crippen molar-refractivity contribution in [2.24, 2.45) is 0 Å². The first-order chi connectivity index (χ1) is 15.2. The third-order valence-electron chi connectivity index (χ3n) is 5.56. The summed E-state index contributed by atoms with van der Waals surface area (Å²) >= 11 is 0. The van der Waals surface area contributed by atoms with Crippen molar-refractivity contribution in [3.8, 4) is 17.4 Å². The molecule has 2 aromatic heterocycles. The molecule has 1 amide bonds. The number of rotatable bonds is 6. The summed E-state index contributed by atoms with van der Waals surface area (Å²) in [5.74, 6) is 2.88. The topological polar surface area (TPSA) is 94.4 Å². The maximum absolute atomic E-state index is 12.9. The van der Waals surface area contributed by atoms with E-state index in [0.29, 0.717) is 12.5 Å². The molecule has 5 rings (SSSR count). The zero-order chi connectivity index (χ0) is 21.2. The van der Waals surface area contributed by atoms with Crippen molar-refractivity contribution in [1.29, 1.82) is 0 Å². The Kier molecular flexibility index (Phi) is 5.15. The molecule has 0 aliphatic carbocycles. The first-order valence-corrected chi connectivity index (χ1v) is 10.4. The Labute approximate surface area is 180 Å². The van der Waals surface area contributed by atoms with Crippen molar-refractivity contribution in [3.63, 3.8) is 0 Å². The monoisotopic (exact) mass is 420 g/mol. The maximum atomic E-state index is 12.9. The molecule has 9 nitrogen and oxygen atoms in total. The van der Waals surface area contributed by atoms with Crippen molar-refractivity contribution in [3.05, 3.63) is 54.2 Å². The first kappa shape index (κ1) is 19.3. The molecule has 1 N–H and O–H groups in total. The molecule has 2 aliphatic rings. The van der Waals surface area contributed by atoms with E-state index >= 15 is 0 Å². The lowest BCUT2D eigenvalue weighted by molar-refractivity contribution is -0.122. The molecule has 4 heterocycles. The van der Waals surface area contributed by atoms with Crippen LogP contribution in [0.25, 0.3) is 5.95 Å². The van der Waals surface area contributed by atoms with Crippen molar-refractivity contribution in [2.45, 2.75) is 32.2 Å². The molecule has 1 fully saturated rings. The zero-order valence-electron chi connectivity index (χ0n) is 17.3. The number of carbonyl (C=O) groups excluding carboxylic acids is 1. The molecule has 1 atom stereocenters. The quantitative estimate of drug-likeness (QED) is 0.652. The predicted molar refractivity (Wildman–Crippen MR) is 114 cm³/mol. The molecule has 0 saturated carbocycles. The van der Waals surface area contributed by atoms with Crippen LogP contribution in [0.5, 0.6) is 11.5 Å². The molecule has 3 aromatic rings. The van der Waals surface area contributed by atoms with Gasteiger partial charge in [-0.15, -0.1) is 0 Å². The molecule has 2 aliphatic heterocycles. The van der Waals surface area contributed by atoms with Gasteiger partial charge in [0.15, 0.2) is 11.5 Å². The number of aromatic nitrogens is 4. The number of aryl methyl sites for hydroxylation is 1. The maximum Gasteiger partial charge on any atom is 0.242 e. The van der Waals surface area contributed by atoms with Crippen LogP contribution in [0.1, 0.15) is 24.1 Å². The zero-order valence-corrected chi connectivity index (χ0v) is 17.3. The molecular weight excluding hydrogens is 396 g/mol. The molecule has 0 bridgehead atoms. The summed E-state index contributed by atoms with van der Waals surface area (Å²) in [5, 5.41) is 3.09. The predicted octanol–water partition coefficient (Wildman–Crippen LogP) is 2.03. The van der Waals surface area contributed by atoms with Crippen molar-refractivity contribution < 1.29 is 14.3 Å². The number of hydrogen-bond donors (Lipinski definition) is 1. The Hall–Kier alpha value is -3.62. The van der Waals surface area contributed by atoms with E-state index in [0.717, 1.165) is 54.4 Å². The molecule has 1 saturated heterocycles. The Morgan fingerprint density at radius 2 is 2.13 bits per heavy atom. The Bertz CT molecular complexity index is 1080. The van der Waals surface area contributed by atoms with Gasteiger partial charge in [0.1, 0.15) is 18.2 Å². The third-order valence-corrected chi connectivity index (χ3v) is 5.56. The fourth-order valence-corrected chi connectivity index (χ4v) is 4.03. The van der Waals surface area contributed by atoms with E-state index in [1.165, 1.54) is 0 Å². The lowest BCUT2D eigenvalue weighted by Crippen LogP contribution is -2.44. The largest absolute Gasteiger partial charge is 0.454 e. The van der Waals surface area contributed by atoms with Crippen molar-refractivity contribution >= 4 is 11.7 Å². The standard InChI is InChI=1S/C22H24N6O3/c1-15-11-20(26-22(25-15)27-10-8-23-13-27)28-9-2-3-17(28)21(29)24-7-6-16-4-5-18-19(12-16)31-14-30-18/h4-5,8,10-13,17H,2-3,6-7,9,14H2,1H3,(H,24,29)/t17-/m1/s1. The average molecular weight is 420 g/mol. The van der Waals surface area contributed by atoms with Gasteiger partial charge in [-0.3, -0.25) is 9.36 Å². The van der Waals surface area contributed by atoms with Gasteiger partial charge in [0.05, 0.1) is 0 Å². The molecule has 31 heavy (non-hydrogen) atoms. The number of imidazole rings is 1. The summed E-state index contributed by atoms with van der Waals surface area (Å²) in [5.41, 5.74) is 1.95. The van der Waals surface area contributed by atoms with Crippen LogP contribution in [0.3, 0.4) is 0 Å². The van der Waals surface area contributed by atoms with Crippen LogP contribution in [0.4, 0.5) is 5.82 Å². The van der Waals surface area contributed by atoms with Gasteiger partial charge >= 0.3 is 0 Å². The van der Waals surface area contributed by atoms with Gasteiger partial charge in [0.25, 0.3) is 0 Å². The molecule has 0 unspecified atom stereocenters. The lowest BCUT2D eigenvalue weighted by atomic mass is 10.1. The van der Waals surface area contributed by atoms with E-state index < -0.39 is 0 Å². The Morgan fingerprint density at radius 1 is 1.23 bits per heavy atom. The summed E-state index contributed by atoms with van der Waals surface area (Å²) in [4.78, 5) is 28.3. The smallest absolute Gasteiger partial charge is 0.242 e. The highest BCUT2D eigenvalue weighted by Crippen LogP contribution is 2.32. The number of anilines is 1. The Morgan fingerprint density at radius 3 is 3.00 bits per heavy atom. The molecular formula is C22H24N6O3. The summed E-state index contributed by atoms with van der Waals surface area (Å²) in [6.07, 6.45) is 7.65. The molecule has 0 radical (unpaired) electrons. The van der Waals surface area contributed by atoms with E-state index in [4.69, 9.17) is 9.47 Å². The van der Waals surface area contributed by atoms with E-state index in [1.54, 1.807) is 17.1 Å². The number of benzene rings is 1. The Balaban J connectivity index is 1.24. The van der Waals surface area contributed by atoms with Gasteiger partial charge in [0.2, 0.25) is 18.6 Å². The van der Waals surface area contributed by atoms with Crippen LogP contribution in [-0.2, 0) is 11.2 Å². The van der Waals surface area contributed by atoms with Gasteiger partial charge in [-0.2, -0.15) is 4.98 Å². The number of hydrogen-bond acceptors (Lipinski definition) is 7. The highest BCUT2D eigenvalue weighted by Gasteiger charge is 2.32. The number of carbonyl (C=O) groups is 1. The van der Waals surface area contributed by atoms with Gasteiger partial charge < -0.3 is 19.7 Å². The number of ether oxygens (including phenoxy) is 2. The van der Waals surface area contributed by atoms with Crippen LogP contribution in [0.15, 0.2) is 43.0 Å². The SMILES string of the molecule is Cc1cc(N2CCC[C@@H]2C(=O)NCCc2ccc3c(c2)OCO3)nc(-n2ccnc2)n1. The second kappa shape index (κ2) is 8.25. The van der Waals surface area contributed by atoms with Crippen LogP contribution >= 0.6 is 0 Å². The van der Waals surface area contributed by atoms with E-state index in [-0.39, 0.29) is 18.7 Å². The van der Waals surface area contributed by atoms with Crippen molar-refractivity contribution in [2.75, 3.05) is 24.8 Å². The number of amides is 1. The summed E-state index contributed by atoms with van der Waals surface area (Å²) in [6.45, 7) is 3.55. The number of fused-ring (bicyclic) bond motifs is 1. The van der Waals surface area contributed by atoms with Gasteiger partial charge in [-0.05, 0) is 43.9 Å². The normalized spacial score (nSPS) is 17.2. The summed E-state index contributed by atoms with van der Waals surface area (Å²) in [7, 11) is 0. The fraction of sp³-hybridized carbons (Fsp3) is 0.364. The minimum atomic E-state index is -0.235. The van der Waals surface area contributed by atoms with Crippen LogP contribution in [0, 0.1) is 6.92 Å². The second-order valence-corrected chi connectivity index (χ2v) is 7.72. The first-order valence-electron chi connectivity index (χ1n) is 10.4. The van der Waals surface area contributed by atoms with Gasteiger partial charge in [-0.1, -0.05) is 6.07 Å². The number of nitrogens with one attached hydrogen (secondary N) is 1. The van der Waals surface area contributed by atoms with E-state index in [2.05, 4.69) is 25.2 Å². The van der Waals surface area contributed by atoms with Gasteiger partial charge in [-0.25, -0.2) is 9.97 Å². The van der Waals surface area contributed by atoms with Crippen LogP contribution in [-0.4, -0.2) is 51.4 Å². The van der Waals surface area contributed by atoms with E-state index in [1.807, 2.05) is 37.4 Å². The van der Waals surface area contributed by atoms with Crippen molar-refractivity contribution in [1.82, 2.24) is 24.8 Å². The fourth-order valence-electron chi connectivity index (χ4n) is 4.03. The lowest BCUT2D eigenvalue weighted by Gasteiger charge is -2.25. The molecule has 1 aromatic carbocycles. The summed E-state index contributed by atoms with van der Waals surface area (Å²) in [6, 6.07) is 7.58. The molecule has 9 heteroatoms. The molecule has 160 valence electrons. The molecule has 0 spiro atoms. The average Bonchev–Trinajstić information content (AvgIpc) is 3.54.